The number of rotatable bonds is 4. The van der Waals surface area contributed by atoms with E-state index in [4.69, 9.17) is 23.2 Å². The molecule has 20 heavy (non-hydrogen) atoms. The van der Waals surface area contributed by atoms with E-state index >= 15 is 0 Å². The van der Waals surface area contributed by atoms with E-state index in [0.29, 0.717) is 5.56 Å². The second-order valence-electron chi connectivity index (χ2n) is 4.03. The van der Waals surface area contributed by atoms with Crippen LogP contribution in [0.4, 0.5) is 4.39 Å². The maximum absolute atomic E-state index is 12.8. The number of halogens is 3. The van der Waals surface area contributed by atoms with Gasteiger partial charge in [-0.1, -0.05) is 35.3 Å². The zero-order valence-electron chi connectivity index (χ0n) is 10.1. The number of hydrogen-bond acceptors (Lipinski definition) is 2. The lowest BCUT2D eigenvalue weighted by atomic mass is 10.2. The van der Waals surface area contributed by atoms with Gasteiger partial charge in [-0.05, 0) is 35.9 Å². The molecule has 0 spiro atoms. The van der Waals surface area contributed by atoms with Crippen LogP contribution >= 0.6 is 23.2 Å². The Labute approximate surface area is 126 Å². The molecule has 0 saturated carbocycles. The SMILES string of the molecule is O=S(=O)(NCc1ccc(F)cc1)c1cc(Cl)ccc1Cl. The van der Waals surface area contributed by atoms with Crippen LogP contribution in [-0.4, -0.2) is 8.42 Å². The van der Waals surface area contributed by atoms with Crippen molar-refractivity contribution in [1.82, 2.24) is 4.72 Å². The van der Waals surface area contributed by atoms with Crippen LogP contribution in [0.15, 0.2) is 47.4 Å². The Morgan fingerprint density at radius 3 is 2.35 bits per heavy atom. The first-order valence-corrected chi connectivity index (χ1v) is 7.81. The molecule has 3 nitrogen and oxygen atoms in total. The minimum absolute atomic E-state index is 0.0332. The second kappa shape index (κ2) is 6.10. The van der Waals surface area contributed by atoms with Crippen LogP contribution in [0.25, 0.3) is 0 Å². The lowest BCUT2D eigenvalue weighted by molar-refractivity contribution is 0.581. The number of benzene rings is 2. The summed E-state index contributed by atoms with van der Waals surface area (Å²) >= 11 is 11.6. The topological polar surface area (TPSA) is 46.2 Å². The summed E-state index contributed by atoms with van der Waals surface area (Å²) in [5.74, 6) is -0.380. The highest BCUT2D eigenvalue weighted by Crippen LogP contribution is 2.24. The predicted octanol–water partition coefficient (Wildman–Crippen LogP) is 3.61. The van der Waals surface area contributed by atoms with Crippen LogP contribution in [0.2, 0.25) is 10.0 Å². The summed E-state index contributed by atoms with van der Waals surface area (Å²) in [6.07, 6.45) is 0. The van der Waals surface area contributed by atoms with Crippen molar-refractivity contribution >= 4 is 33.2 Å². The molecule has 0 aromatic heterocycles. The summed E-state index contributed by atoms with van der Waals surface area (Å²) < 4.78 is 39.4. The second-order valence-corrected chi connectivity index (χ2v) is 6.60. The van der Waals surface area contributed by atoms with Gasteiger partial charge in [0.25, 0.3) is 0 Å². The standard InChI is InChI=1S/C13H10Cl2FNO2S/c14-10-3-6-12(15)13(7-10)20(18,19)17-8-9-1-4-11(16)5-2-9/h1-7,17H,8H2. The van der Waals surface area contributed by atoms with E-state index in [1.165, 1.54) is 42.5 Å². The summed E-state index contributed by atoms with van der Waals surface area (Å²) in [5.41, 5.74) is 0.633. The summed E-state index contributed by atoms with van der Waals surface area (Å²) in [6, 6.07) is 9.71. The van der Waals surface area contributed by atoms with Gasteiger partial charge in [-0.15, -0.1) is 0 Å². The first kappa shape index (κ1) is 15.3. The third-order valence-corrected chi connectivity index (χ3v) is 4.68. The van der Waals surface area contributed by atoms with Crippen molar-refractivity contribution in [3.63, 3.8) is 0 Å². The fourth-order valence-corrected chi connectivity index (χ4v) is 3.32. The summed E-state index contributed by atoms with van der Waals surface area (Å²) in [5, 5.41) is 0.359. The van der Waals surface area contributed by atoms with Gasteiger partial charge in [-0.2, -0.15) is 0 Å². The molecule has 0 fully saturated rings. The van der Waals surface area contributed by atoms with E-state index in [9.17, 15) is 12.8 Å². The van der Waals surface area contributed by atoms with Crippen molar-refractivity contribution in [3.05, 3.63) is 63.9 Å². The van der Waals surface area contributed by atoms with E-state index in [1.54, 1.807) is 0 Å². The zero-order chi connectivity index (χ0) is 14.8. The van der Waals surface area contributed by atoms with Crippen LogP contribution < -0.4 is 4.72 Å². The Bertz CT molecular complexity index is 718. The van der Waals surface area contributed by atoms with Gasteiger partial charge >= 0.3 is 0 Å². The molecule has 0 heterocycles. The lowest BCUT2D eigenvalue weighted by Crippen LogP contribution is -2.23. The van der Waals surface area contributed by atoms with Gasteiger partial charge in [0.1, 0.15) is 10.7 Å². The Balaban J connectivity index is 2.19. The van der Waals surface area contributed by atoms with Gasteiger partial charge in [0, 0.05) is 11.6 Å². The molecule has 0 aliphatic heterocycles. The van der Waals surface area contributed by atoms with Gasteiger partial charge in [-0.3, -0.25) is 0 Å². The first-order valence-electron chi connectivity index (χ1n) is 5.58. The number of hydrogen-bond donors (Lipinski definition) is 1. The Morgan fingerprint density at radius 1 is 1.05 bits per heavy atom. The highest BCUT2D eigenvalue weighted by atomic mass is 35.5. The molecule has 0 amide bonds. The normalized spacial score (nSPS) is 11.6. The minimum Gasteiger partial charge on any atom is -0.207 e. The largest absolute Gasteiger partial charge is 0.242 e. The van der Waals surface area contributed by atoms with Crippen molar-refractivity contribution in [2.75, 3.05) is 0 Å². The zero-order valence-corrected chi connectivity index (χ0v) is 12.4. The Hall–Kier alpha value is -1.14. The molecule has 0 saturated heterocycles. The highest BCUT2D eigenvalue weighted by molar-refractivity contribution is 7.89. The molecule has 7 heteroatoms. The van der Waals surface area contributed by atoms with Crippen LogP contribution in [-0.2, 0) is 16.6 Å². The van der Waals surface area contributed by atoms with E-state index in [2.05, 4.69) is 4.72 Å². The molecule has 1 N–H and O–H groups in total. The molecule has 106 valence electrons. The van der Waals surface area contributed by atoms with Crippen LogP contribution in [0, 0.1) is 5.82 Å². The van der Waals surface area contributed by atoms with Crippen molar-refractivity contribution in [2.45, 2.75) is 11.4 Å². The highest BCUT2D eigenvalue weighted by Gasteiger charge is 2.18. The summed E-state index contributed by atoms with van der Waals surface area (Å²) in [6.45, 7) is 0.0332. The summed E-state index contributed by atoms with van der Waals surface area (Å²) in [4.78, 5) is -0.0891. The lowest BCUT2D eigenvalue weighted by Gasteiger charge is -2.09. The van der Waals surface area contributed by atoms with Crippen LogP contribution in [0.1, 0.15) is 5.56 Å². The van der Waals surface area contributed by atoms with Gasteiger partial charge < -0.3 is 0 Å². The monoisotopic (exact) mass is 333 g/mol. The third kappa shape index (κ3) is 3.70. The maximum Gasteiger partial charge on any atom is 0.242 e. The van der Waals surface area contributed by atoms with E-state index < -0.39 is 10.0 Å². The molecular formula is C13H10Cl2FNO2S. The van der Waals surface area contributed by atoms with E-state index in [1.807, 2.05) is 0 Å². The van der Waals surface area contributed by atoms with Crippen molar-refractivity contribution in [2.24, 2.45) is 0 Å². The van der Waals surface area contributed by atoms with E-state index in [-0.39, 0.29) is 27.3 Å². The number of nitrogens with one attached hydrogen (secondary N) is 1. The van der Waals surface area contributed by atoms with E-state index in [0.717, 1.165) is 0 Å². The first-order chi connectivity index (χ1) is 9.38. The molecule has 0 radical (unpaired) electrons. The van der Waals surface area contributed by atoms with Crippen molar-refractivity contribution in [1.29, 1.82) is 0 Å². The van der Waals surface area contributed by atoms with Gasteiger partial charge in [0.15, 0.2) is 0 Å². The minimum atomic E-state index is -3.78. The third-order valence-electron chi connectivity index (χ3n) is 2.56. The smallest absolute Gasteiger partial charge is 0.207 e. The summed E-state index contributed by atoms with van der Waals surface area (Å²) in [7, 11) is -3.78. The molecule has 0 aliphatic carbocycles. The average Bonchev–Trinajstić information content (AvgIpc) is 2.41. The van der Waals surface area contributed by atoms with Gasteiger partial charge in [0.05, 0.1) is 5.02 Å². The molecule has 0 bridgehead atoms. The van der Waals surface area contributed by atoms with Gasteiger partial charge in [-0.25, -0.2) is 17.5 Å². The predicted molar refractivity (Wildman–Crippen MR) is 76.9 cm³/mol. The average molecular weight is 334 g/mol. The molecular weight excluding hydrogens is 324 g/mol. The number of sulfonamides is 1. The van der Waals surface area contributed by atoms with Crippen LogP contribution in [0.5, 0.6) is 0 Å². The molecule has 0 unspecified atom stereocenters. The molecule has 0 aliphatic rings. The van der Waals surface area contributed by atoms with Crippen LogP contribution in [0.3, 0.4) is 0 Å². The Morgan fingerprint density at radius 2 is 1.70 bits per heavy atom. The molecule has 2 aromatic carbocycles. The molecule has 2 rings (SSSR count). The fraction of sp³-hybridized carbons (Fsp3) is 0.0769. The molecule has 2 aromatic rings. The maximum atomic E-state index is 12.8. The molecule has 0 atom stereocenters. The van der Waals surface area contributed by atoms with Crippen molar-refractivity contribution < 1.29 is 12.8 Å². The van der Waals surface area contributed by atoms with Crippen molar-refractivity contribution in [3.8, 4) is 0 Å². The fourth-order valence-electron chi connectivity index (χ4n) is 1.54. The quantitative estimate of drug-likeness (QED) is 0.928. The van der Waals surface area contributed by atoms with Gasteiger partial charge in [0.2, 0.25) is 10.0 Å². The Kier molecular flexibility index (Phi) is 4.65.